The van der Waals surface area contributed by atoms with Crippen LogP contribution in [0.2, 0.25) is 0 Å². The lowest BCUT2D eigenvalue weighted by atomic mass is 10.2. The first-order valence-electron chi connectivity index (χ1n) is 9.64. The van der Waals surface area contributed by atoms with Gasteiger partial charge in [0.15, 0.2) is 5.76 Å². The van der Waals surface area contributed by atoms with E-state index in [2.05, 4.69) is 31.2 Å². The van der Waals surface area contributed by atoms with Gasteiger partial charge >= 0.3 is 5.82 Å². The van der Waals surface area contributed by atoms with Crippen LogP contribution in [0.5, 0.6) is 0 Å². The van der Waals surface area contributed by atoms with Crippen molar-refractivity contribution in [2.45, 2.75) is 13.1 Å². The Kier molecular flexibility index (Phi) is 6.44. The summed E-state index contributed by atoms with van der Waals surface area (Å²) < 4.78 is 12.6. The molecule has 1 N–H and O–H groups in total. The molecular formula is C20H20BrN5O5. The highest BCUT2D eigenvalue weighted by Gasteiger charge is 2.20. The fraction of sp³-hybridized carbons (Fsp3) is 0.300. The molecule has 1 aliphatic heterocycles. The molecule has 0 radical (unpaired) electrons. The Morgan fingerprint density at radius 2 is 2.03 bits per heavy atom. The fourth-order valence-corrected chi connectivity index (χ4v) is 3.75. The quantitative estimate of drug-likeness (QED) is 0.399. The zero-order valence-electron chi connectivity index (χ0n) is 16.5. The Morgan fingerprint density at radius 1 is 1.23 bits per heavy atom. The van der Waals surface area contributed by atoms with Crippen LogP contribution in [0, 0.1) is 10.1 Å². The molecule has 0 spiro atoms. The third-order valence-electron chi connectivity index (χ3n) is 4.77. The first kappa shape index (κ1) is 21.2. The topological polar surface area (TPSA) is 116 Å². The molecule has 11 heteroatoms. The van der Waals surface area contributed by atoms with Crippen molar-refractivity contribution >= 4 is 33.3 Å². The van der Waals surface area contributed by atoms with Gasteiger partial charge in [-0.05, 0) is 50.7 Å². The molecule has 3 heterocycles. The van der Waals surface area contributed by atoms with Gasteiger partial charge in [-0.1, -0.05) is 12.1 Å². The fourth-order valence-electron chi connectivity index (χ4n) is 3.29. The van der Waals surface area contributed by atoms with Gasteiger partial charge in [0.05, 0.1) is 24.5 Å². The van der Waals surface area contributed by atoms with Gasteiger partial charge in [0.1, 0.15) is 16.8 Å². The third-order valence-corrected chi connectivity index (χ3v) is 5.33. The number of anilines is 1. The van der Waals surface area contributed by atoms with E-state index in [0.717, 1.165) is 38.4 Å². The Hall–Kier alpha value is -3.02. The average Bonchev–Trinajstić information content (AvgIpc) is 3.36. The molecular weight excluding hydrogens is 470 g/mol. The maximum Gasteiger partial charge on any atom is 0.404 e. The molecule has 31 heavy (non-hydrogen) atoms. The lowest BCUT2D eigenvalue weighted by Gasteiger charge is -2.26. The highest BCUT2D eigenvalue weighted by molar-refractivity contribution is 9.10. The second-order valence-electron chi connectivity index (χ2n) is 7.06. The van der Waals surface area contributed by atoms with Crippen LogP contribution in [-0.4, -0.2) is 51.8 Å². The summed E-state index contributed by atoms with van der Waals surface area (Å²) >= 11 is 3.10. The van der Waals surface area contributed by atoms with Crippen LogP contribution < -0.4 is 5.32 Å². The number of hydrogen-bond donors (Lipinski definition) is 1. The molecule has 10 nitrogen and oxygen atoms in total. The number of halogens is 1. The number of ether oxygens (including phenoxy) is 1. The van der Waals surface area contributed by atoms with Gasteiger partial charge in [-0.2, -0.15) is 4.68 Å². The number of nitrogens with zero attached hydrogens (tertiary/aromatic N) is 4. The highest BCUT2D eigenvalue weighted by atomic mass is 79.9. The number of amides is 1. The summed E-state index contributed by atoms with van der Waals surface area (Å²) in [5, 5.41) is 17.6. The third kappa shape index (κ3) is 5.37. The monoisotopic (exact) mass is 489 g/mol. The van der Waals surface area contributed by atoms with Gasteiger partial charge < -0.3 is 24.6 Å². The van der Waals surface area contributed by atoms with Crippen molar-refractivity contribution < 1.29 is 18.9 Å². The molecule has 162 valence electrons. The normalized spacial score (nSPS) is 14.5. The second-order valence-corrected chi connectivity index (χ2v) is 7.92. The number of morpholine rings is 1. The second kappa shape index (κ2) is 9.41. The van der Waals surface area contributed by atoms with Crippen molar-refractivity contribution in [1.29, 1.82) is 0 Å². The van der Waals surface area contributed by atoms with E-state index in [0.29, 0.717) is 11.4 Å². The van der Waals surface area contributed by atoms with Gasteiger partial charge in [-0.25, -0.2) is 0 Å². The Labute approximate surface area is 186 Å². The molecule has 0 bridgehead atoms. The van der Waals surface area contributed by atoms with Crippen molar-refractivity contribution in [2.24, 2.45) is 0 Å². The number of nitro groups is 1. The maximum atomic E-state index is 12.6. The number of carbonyl (C=O) groups is 1. The van der Waals surface area contributed by atoms with E-state index >= 15 is 0 Å². The molecule has 0 saturated carbocycles. The van der Waals surface area contributed by atoms with Crippen LogP contribution in [0.1, 0.15) is 21.9 Å². The lowest BCUT2D eigenvalue weighted by Crippen LogP contribution is -2.35. The summed E-state index contributed by atoms with van der Waals surface area (Å²) in [4.78, 5) is 25.2. The predicted molar refractivity (Wildman–Crippen MR) is 115 cm³/mol. The molecule has 1 fully saturated rings. The largest absolute Gasteiger partial charge is 0.454 e. The molecule has 1 saturated heterocycles. The van der Waals surface area contributed by atoms with Gasteiger partial charge in [0.25, 0.3) is 5.91 Å². The maximum absolute atomic E-state index is 12.6. The minimum atomic E-state index is -0.575. The number of carbonyl (C=O) groups excluding carboxylic acids is 1. The van der Waals surface area contributed by atoms with Crippen LogP contribution in [0.4, 0.5) is 11.5 Å². The SMILES string of the molecule is O=C(Nc1cccc(CN2CCOCC2)c1)c1ccc(Cn2cc(Br)c([N+](=O)[O-])n2)o1. The molecule has 2 aromatic heterocycles. The van der Waals surface area contributed by atoms with E-state index in [4.69, 9.17) is 9.15 Å². The number of nitrogens with one attached hydrogen (secondary N) is 1. The number of hydrogen-bond acceptors (Lipinski definition) is 7. The number of furan rings is 1. The molecule has 0 unspecified atom stereocenters. The van der Waals surface area contributed by atoms with Crippen molar-refractivity contribution in [3.8, 4) is 0 Å². The number of rotatable bonds is 7. The van der Waals surface area contributed by atoms with Crippen LogP contribution in [0.3, 0.4) is 0 Å². The summed E-state index contributed by atoms with van der Waals surface area (Å²) in [6.45, 7) is 4.21. The van der Waals surface area contributed by atoms with Crippen molar-refractivity contribution in [3.05, 3.63) is 74.3 Å². The first-order valence-corrected chi connectivity index (χ1v) is 10.4. The lowest BCUT2D eigenvalue weighted by molar-refractivity contribution is -0.390. The van der Waals surface area contributed by atoms with Crippen LogP contribution in [0.15, 0.2) is 51.5 Å². The molecule has 1 aromatic carbocycles. The van der Waals surface area contributed by atoms with Crippen LogP contribution >= 0.6 is 15.9 Å². The number of aromatic nitrogens is 2. The van der Waals surface area contributed by atoms with Gasteiger partial charge in [-0.15, -0.1) is 0 Å². The smallest absolute Gasteiger partial charge is 0.404 e. The zero-order chi connectivity index (χ0) is 21.8. The predicted octanol–water partition coefficient (Wildman–Crippen LogP) is 3.28. The molecule has 4 rings (SSSR count). The van der Waals surface area contributed by atoms with E-state index in [9.17, 15) is 14.9 Å². The summed E-state index contributed by atoms with van der Waals surface area (Å²) in [5.41, 5.74) is 1.78. The van der Waals surface area contributed by atoms with E-state index < -0.39 is 4.92 Å². The van der Waals surface area contributed by atoms with Crippen LogP contribution in [-0.2, 0) is 17.8 Å². The highest BCUT2D eigenvalue weighted by Crippen LogP contribution is 2.23. The van der Waals surface area contributed by atoms with Gasteiger partial charge in [-0.3, -0.25) is 9.69 Å². The van der Waals surface area contributed by atoms with E-state index in [1.165, 1.54) is 10.9 Å². The minimum Gasteiger partial charge on any atom is -0.454 e. The summed E-state index contributed by atoms with van der Waals surface area (Å²) in [7, 11) is 0. The van der Waals surface area contributed by atoms with Crippen molar-refractivity contribution in [1.82, 2.24) is 14.7 Å². The average molecular weight is 490 g/mol. The zero-order valence-corrected chi connectivity index (χ0v) is 18.1. The minimum absolute atomic E-state index is 0.148. The first-order chi connectivity index (χ1) is 15.0. The van der Waals surface area contributed by atoms with E-state index in [1.807, 2.05) is 24.3 Å². The molecule has 1 aliphatic rings. The summed E-state index contributed by atoms with van der Waals surface area (Å²) in [6, 6.07) is 10.9. The van der Waals surface area contributed by atoms with Gasteiger partial charge in [0.2, 0.25) is 0 Å². The summed E-state index contributed by atoms with van der Waals surface area (Å²) in [6.07, 6.45) is 1.49. The molecule has 0 atom stereocenters. The Bertz CT molecular complexity index is 1090. The van der Waals surface area contributed by atoms with Crippen LogP contribution in [0.25, 0.3) is 0 Å². The van der Waals surface area contributed by atoms with Crippen molar-refractivity contribution in [3.63, 3.8) is 0 Å². The van der Waals surface area contributed by atoms with E-state index in [-0.39, 0.29) is 28.5 Å². The summed E-state index contributed by atoms with van der Waals surface area (Å²) in [5.74, 6) is -0.0469. The number of benzene rings is 1. The molecule has 1 amide bonds. The van der Waals surface area contributed by atoms with Crippen molar-refractivity contribution in [2.75, 3.05) is 31.6 Å². The Balaban J connectivity index is 1.38. The molecule has 0 aliphatic carbocycles. The van der Waals surface area contributed by atoms with Gasteiger partial charge in [0, 0.05) is 25.3 Å². The van der Waals surface area contributed by atoms with E-state index in [1.54, 1.807) is 12.1 Å². The molecule has 3 aromatic rings. The standard InChI is InChI=1S/C20H20BrN5O5/c21-17-13-25(23-19(17)26(28)29)12-16-4-5-18(31-16)20(27)22-15-3-1-2-14(10-15)11-24-6-8-30-9-7-24/h1-5,10,13H,6-9,11-12H2,(H,22,27). The Morgan fingerprint density at radius 3 is 2.77 bits per heavy atom.